The number of rotatable bonds is 2. The Morgan fingerprint density at radius 2 is 1.75 bits per heavy atom. The van der Waals surface area contributed by atoms with Crippen molar-refractivity contribution in [3.8, 4) is 0 Å². The van der Waals surface area contributed by atoms with Gasteiger partial charge in [-0.1, -0.05) is 24.6 Å². The highest BCUT2D eigenvalue weighted by Gasteiger charge is 2.30. The van der Waals surface area contributed by atoms with Crippen molar-refractivity contribution >= 4 is 16.9 Å². The van der Waals surface area contributed by atoms with Crippen LogP contribution in [-0.4, -0.2) is 47.9 Å². The highest BCUT2D eigenvalue weighted by Crippen LogP contribution is 2.27. The molecule has 0 saturated carbocycles. The Kier molecular flexibility index (Phi) is 4.31. The van der Waals surface area contributed by atoms with Crippen LogP contribution >= 0.6 is 0 Å². The van der Waals surface area contributed by atoms with Gasteiger partial charge in [-0.05, 0) is 51.8 Å². The lowest BCUT2D eigenvalue weighted by Crippen LogP contribution is -2.48. The van der Waals surface area contributed by atoms with Gasteiger partial charge in [-0.2, -0.15) is 0 Å². The summed E-state index contributed by atoms with van der Waals surface area (Å²) in [6.45, 7) is 6.15. The van der Waals surface area contributed by atoms with Gasteiger partial charge in [-0.25, -0.2) is 0 Å². The van der Waals surface area contributed by atoms with E-state index in [1.165, 1.54) is 32.4 Å². The first-order chi connectivity index (χ1) is 11.7. The minimum absolute atomic E-state index is 0.0563. The third-order valence-corrected chi connectivity index (χ3v) is 5.70. The van der Waals surface area contributed by atoms with Gasteiger partial charge in [0.05, 0.1) is 0 Å². The molecule has 0 atom stereocenters. The van der Waals surface area contributed by atoms with Crippen molar-refractivity contribution in [1.29, 1.82) is 0 Å². The topological polar surface area (TPSA) is 36.7 Å². The summed E-state index contributed by atoms with van der Waals surface area (Å²) in [5, 5.41) is 1.05. The van der Waals surface area contributed by atoms with Gasteiger partial charge < -0.3 is 14.2 Å². The Labute approximate surface area is 143 Å². The van der Waals surface area contributed by atoms with Gasteiger partial charge in [0.1, 0.15) is 5.58 Å². The van der Waals surface area contributed by atoms with E-state index < -0.39 is 0 Å². The van der Waals surface area contributed by atoms with E-state index in [2.05, 4.69) is 4.90 Å². The molecule has 24 heavy (non-hydrogen) atoms. The number of fused-ring (bicyclic) bond motifs is 1. The van der Waals surface area contributed by atoms with Gasteiger partial charge in [0.15, 0.2) is 5.76 Å². The SMILES string of the molecule is Cc1c(C(=O)N2CCC(N3CCCCC3)CC2)oc2ccccc12. The first kappa shape index (κ1) is 15.7. The molecule has 0 unspecified atom stereocenters. The smallest absolute Gasteiger partial charge is 0.289 e. The van der Waals surface area contributed by atoms with Gasteiger partial charge >= 0.3 is 0 Å². The Hall–Kier alpha value is -1.81. The summed E-state index contributed by atoms with van der Waals surface area (Å²) in [6.07, 6.45) is 6.21. The van der Waals surface area contributed by atoms with Crippen molar-refractivity contribution in [3.63, 3.8) is 0 Å². The van der Waals surface area contributed by atoms with E-state index in [1.54, 1.807) is 0 Å². The quantitative estimate of drug-likeness (QED) is 0.841. The molecule has 0 radical (unpaired) electrons. The predicted molar refractivity (Wildman–Crippen MR) is 95.3 cm³/mol. The maximum Gasteiger partial charge on any atom is 0.289 e. The van der Waals surface area contributed by atoms with Crippen molar-refractivity contribution in [1.82, 2.24) is 9.80 Å². The van der Waals surface area contributed by atoms with E-state index in [0.29, 0.717) is 11.8 Å². The lowest BCUT2D eigenvalue weighted by Gasteiger charge is -2.40. The lowest BCUT2D eigenvalue weighted by atomic mass is 9.99. The number of piperidine rings is 2. The number of amides is 1. The number of likely N-dealkylation sites (tertiary alicyclic amines) is 2. The second kappa shape index (κ2) is 6.60. The van der Waals surface area contributed by atoms with E-state index in [9.17, 15) is 4.79 Å². The summed E-state index contributed by atoms with van der Waals surface area (Å²) >= 11 is 0. The van der Waals surface area contributed by atoms with Crippen LogP contribution in [0.1, 0.15) is 48.2 Å². The van der Waals surface area contributed by atoms with Crippen LogP contribution in [0.15, 0.2) is 28.7 Å². The zero-order valence-electron chi connectivity index (χ0n) is 14.5. The van der Waals surface area contributed by atoms with Crippen LogP contribution in [0.2, 0.25) is 0 Å². The molecular weight excluding hydrogens is 300 g/mol. The summed E-state index contributed by atoms with van der Waals surface area (Å²) in [4.78, 5) is 17.5. The average Bonchev–Trinajstić information content (AvgIpc) is 2.99. The molecule has 128 valence electrons. The first-order valence-electron chi connectivity index (χ1n) is 9.25. The summed E-state index contributed by atoms with van der Waals surface area (Å²) in [5.74, 6) is 0.577. The molecule has 2 aliphatic rings. The van der Waals surface area contributed by atoms with Crippen molar-refractivity contribution < 1.29 is 9.21 Å². The molecule has 0 bridgehead atoms. The number of furan rings is 1. The second-order valence-electron chi connectivity index (χ2n) is 7.17. The number of carbonyl (C=O) groups is 1. The molecule has 2 aromatic rings. The molecule has 1 amide bonds. The van der Waals surface area contributed by atoms with E-state index in [4.69, 9.17) is 4.42 Å². The summed E-state index contributed by atoms with van der Waals surface area (Å²) in [7, 11) is 0. The molecule has 0 spiro atoms. The largest absolute Gasteiger partial charge is 0.451 e. The van der Waals surface area contributed by atoms with Crippen LogP contribution < -0.4 is 0 Å². The molecular formula is C20H26N2O2. The number of aryl methyl sites for hydroxylation is 1. The molecule has 4 rings (SSSR count). The average molecular weight is 326 g/mol. The van der Waals surface area contributed by atoms with Crippen molar-refractivity contribution in [2.24, 2.45) is 0 Å². The summed E-state index contributed by atoms with van der Waals surface area (Å²) in [6, 6.07) is 8.55. The van der Waals surface area contributed by atoms with E-state index in [0.717, 1.165) is 42.5 Å². The molecule has 1 aromatic heterocycles. The second-order valence-corrected chi connectivity index (χ2v) is 7.17. The van der Waals surface area contributed by atoms with Gasteiger partial charge in [-0.15, -0.1) is 0 Å². The molecule has 3 heterocycles. The maximum absolute atomic E-state index is 12.9. The van der Waals surface area contributed by atoms with E-state index >= 15 is 0 Å². The van der Waals surface area contributed by atoms with Gasteiger partial charge in [0, 0.05) is 30.1 Å². The molecule has 1 aromatic carbocycles. The minimum Gasteiger partial charge on any atom is -0.451 e. The van der Waals surface area contributed by atoms with E-state index in [1.807, 2.05) is 36.1 Å². The number of carbonyl (C=O) groups excluding carboxylic acids is 1. The highest BCUT2D eigenvalue weighted by atomic mass is 16.3. The van der Waals surface area contributed by atoms with Crippen LogP contribution in [-0.2, 0) is 0 Å². The maximum atomic E-state index is 12.9. The number of para-hydroxylation sites is 1. The normalized spacial score (nSPS) is 20.6. The van der Waals surface area contributed by atoms with Gasteiger partial charge in [0.2, 0.25) is 0 Å². The number of hydrogen-bond acceptors (Lipinski definition) is 3. The van der Waals surface area contributed by atoms with Crippen molar-refractivity contribution in [3.05, 3.63) is 35.6 Å². The Bertz CT molecular complexity index is 722. The molecule has 0 N–H and O–H groups in total. The zero-order chi connectivity index (χ0) is 16.5. The third kappa shape index (κ3) is 2.84. The molecule has 4 nitrogen and oxygen atoms in total. The third-order valence-electron chi connectivity index (χ3n) is 5.70. The lowest BCUT2D eigenvalue weighted by molar-refractivity contribution is 0.0563. The van der Waals surface area contributed by atoms with Crippen LogP contribution in [0.5, 0.6) is 0 Å². The van der Waals surface area contributed by atoms with E-state index in [-0.39, 0.29) is 5.91 Å². The minimum atomic E-state index is 0.0563. The number of nitrogens with zero attached hydrogens (tertiary/aromatic N) is 2. The van der Waals surface area contributed by atoms with Gasteiger partial charge in [0.25, 0.3) is 5.91 Å². The zero-order valence-corrected chi connectivity index (χ0v) is 14.5. The monoisotopic (exact) mass is 326 g/mol. The standard InChI is InChI=1S/C20H26N2O2/c1-15-17-7-3-4-8-18(17)24-19(15)20(23)22-13-9-16(10-14-22)21-11-5-2-6-12-21/h3-4,7-8,16H,2,5-6,9-14H2,1H3. The molecule has 4 heteroatoms. The Balaban J connectivity index is 1.44. The summed E-state index contributed by atoms with van der Waals surface area (Å²) < 4.78 is 5.86. The fraction of sp³-hybridized carbons (Fsp3) is 0.550. The molecule has 0 aliphatic carbocycles. The molecule has 2 aliphatic heterocycles. The van der Waals surface area contributed by atoms with Gasteiger partial charge in [-0.3, -0.25) is 4.79 Å². The Morgan fingerprint density at radius 3 is 2.46 bits per heavy atom. The Morgan fingerprint density at radius 1 is 1.04 bits per heavy atom. The van der Waals surface area contributed by atoms with Crippen LogP contribution in [0, 0.1) is 6.92 Å². The van der Waals surface area contributed by atoms with Crippen LogP contribution in [0.3, 0.4) is 0 Å². The molecule has 2 fully saturated rings. The summed E-state index contributed by atoms with van der Waals surface area (Å²) in [5.41, 5.74) is 1.77. The molecule has 2 saturated heterocycles. The van der Waals surface area contributed by atoms with Crippen LogP contribution in [0.4, 0.5) is 0 Å². The van der Waals surface area contributed by atoms with Crippen molar-refractivity contribution in [2.45, 2.75) is 45.1 Å². The number of hydrogen-bond donors (Lipinski definition) is 0. The fourth-order valence-corrected chi connectivity index (χ4v) is 4.24. The van der Waals surface area contributed by atoms with Crippen molar-refractivity contribution in [2.75, 3.05) is 26.2 Å². The van der Waals surface area contributed by atoms with Crippen LogP contribution in [0.25, 0.3) is 11.0 Å². The fourth-order valence-electron chi connectivity index (χ4n) is 4.24. The number of benzene rings is 1. The highest BCUT2D eigenvalue weighted by molar-refractivity contribution is 5.98. The predicted octanol–water partition coefficient (Wildman–Crippen LogP) is 3.83. The first-order valence-corrected chi connectivity index (χ1v) is 9.25.